The van der Waals surface area contributed by atoms with E-state index >= 15 is 0 Å². The van der Waals surface area contributed by atoms with E-state index in [1.54, 1.807) is 18.4 Å². The minimum atomic E-state index is 0.0472. The molecule has 3 saturated heterocycles. The number of likely N-dealkylation sites (tertiary alicyclic amines) is 2. The van der Waals surface area contributed by atoms with Gasteiger partial charge in [0, 0.05) is 62.8 Å². The fourth-order valence-electron chi connectivity index (χ4n) is 6.99. The number of benzene rings is 1. The smallest absolute Gasteiger partial charge is 0.261 e. The minimum Gasteiger partial charge on any atom is -0.369 e. The summed E-state index contributed by atoms with van der Waals surface area (Å²) in [6.07, 6.45) is 11.6. The van der Waals surface area contributed by atoms with Crippen LogP contribution >= 0.6 is 11.3 Å². The van der Waals surface area contributed by atoms with Crippen molar-refractivity contribution in [2.75, 3.05) is 83.9 Å². The molecule has 2 amide bonds. The number of anilines is 1. The highest BCUT2D eigenvalue weighted by atomic mass is 32.1. The summed E-state index contributed by atoms with van der Waals surface area (Å²) in [5.41, 5.74) is 2.44. The van der Waals surface area contributed by atoms with Gasteiger partial charge in [0.2, 0.25) is 5.91 Å². The highest BCUT2D eigenvalue weighted by Gasteiger charge is 2.25. The molecule has 0 atom stereocenters. The first-order chi connectivity index (χ1) is 21.6. The van der Waals surface area contributed by atoms with Crippen LogP contribution in [0.25, 0.3) is 10.4 Å². The summed E-state index contributed by atoms with van der Waals surface area (Å²) in [7, 11) is 1.70. The number of hydrogen-bond acceptors (Lipinski definition) is 7. The standard InChI is InChI=1S/C35H54N6O2S/c1-36-34(42)9-4-2-5-19-39-25-27-41(28-26-39)30-12-10-29(11-13-30)32-14-15-33(44-32)35(43)37-18-8-20-38-23-16-31(17-24-38)40-21-6-3-7-22-40/h10-15,31H,2-9,16-28H2,1H3,(H,36,42)(H,37,43). The Kier molecular flexibility index (Phi) is 12.9. The van der Waals surface area contributed by atoms with Crippen LogP contribution in [0.1, 0.15) is 73.9 Å². The molecule has 1 aromatic carbocycles. The van der Waals surface area contributed by atoms with E-state index < -0.39 is 0 Å². The molecule has 3 aliphatic heterocycles. The maximum Gasteiger partial charge on any atom is 0.261 e. The van der Waals surface area contributed by atoms with Gasteiger partial charge in [-0.2, -0.15) is 0 Å². The molecule has 8 nitrogen and oxygen atoms in total. The summed E-state index contributed by atoms with van der Waals surface area (Å²) in [4.78, 5) is 36.4. The SMILES string of the molecule is CNC(=O)CCCCCN1CCN(c2ccc(-c3ccc(C(=O)NCCCN4CCC(N5CCCCC5)CC4)s3)cc2)CC1. The van der Waals surface area contributed by atoms with Crippen molar-refractivity contribution in [1.29, 1.82) is 0 Å². The first-order valence-corrected chi connectivity index (χ1v) is 18.0. The maximum absolute atomic E-state index is 12.8. The number of carbonyl (C=O) groups excluding carboxylic acids is 2. The Morgan fingerprint density at radius 3 is 2.20 bits per heavy atom. The molecular formula is C35H54N6O2S. The molecule has 3 aliphatic rings. The number of piperidine rings is 2. The number of nitrogens with zero attached hydrogens (tertiary/aromatic N) is 4. The van der Waals surface area contributed by atoms with Crippen molar-refractivity contribution in [3.63, 3.8) is 0 Å². The number of amides is 2. The molecule has 2 N–H and O–H groups in total. The molecule has 1 aromatic heterocycles. The van der Waals surface area contributed by atoms with Gasteiger partial charge >= 0.3 is 0 Å². The molecule has 3 fully saturated rings. The number of thiophene rings is 1. The second kappa shape index (κ2) is 17.3. The van der Waals surface area contributed by atoms with E-state index in [0.29, 0.717) is 6.42 Å². The van der Waals surface area contributed by atoms with Crippen LogP contribution in [0.3, 0.4) is 0 Å². The van der Waals surface area contributed by atoms with Crippen molar-refractivity contribution >= 4 is 28.8 Å². The predicted molar refractivity (Wildman–Crippen MR) is 183 cm³/mol. The topological polar surface area (TPSA) is 71.2 Å². The van der Waals surface area contributed by atoms with E-state index in [2.05, 4.69) is 60.6 Å². The Morgan fingerprint density at radius 1 is 0.773 bits per heavy atom. The second-order valence-corrected chi connectivity index (χ2v) is 13.9. The highest BCUT2D eigenvalue weighted by molar-refractivity contribution is 7.17. The molecule has 4 heterocycles. The lowest BCUT2D eigenvalue weighted by Gasteiger charge is -2.40. The number of rotatable bonds is 14. The van der Waals surface area contributed by atoms with Crippen molar-refractivity contribution in [3.8, 4) is 10.4 Å². The van der Waals surface area contributed by atoms with Gasteiger partial charge in [0.05, 0.1) is 4.88 Å². The Morgan fingerprint density at radius 2 is 1.48 bits per heavy atom. The van der Waals surface area contributed by atoms with Crippen LogP contribution in [0.5, 0.6) is 0 Å². The van der Waals surface area contributed by atoms with Gasteiger partial charge in [0.1, 0.15) is 0 Å². The van der Waals surface area contributed by atoms with E-state index in [0.717, 1.165) is 87.3 Å². The third-order valence-corrected chi connectivity index (χ3v) is 10.9. The largest absolute Gasteiger partial charge is 0.369 e. The molecule has 5 rings (SSSR count). The Bertz CT molecular complexity index is 1150. The number of hydrogen-bond donors (Lipinski definition) is 2. The third kappa shape index (κ3) is 9.77. The van der Waals surface area contributed by atoms with Gasteiger partial charge in [-0.25, -0.2) is 0 Å². The van der Waals surface area contributed by atoms with Gasteiger partial charge in [0.25, 0.3) is 5.91 Å². The normalized spacial score (nSPS) is 19.2. The summed E-state index contributed by atoms with van der Waals surface area (Å²) < 4.78 is 0. The zero-order valence-corrected chi connectivity index (χ0v) is 27.7. The van der Waals surface area contributed by atoms with Crippen molar-refractivity contribution in [2.45, 2.75) is 70.3 Å². The highest BCUT2D eigenvalue weighted by Crippen LogP contribution is 2.30. The van der Waals surface area contributed by atoms with Gasteiger partial charge in [-0.1, -0.05) is 25.0 Å². The molecule has 0 saturated carbocycles. The lowest BCUT2D eigenvalue weighted by molar-refractivity contribution is -0.120. The molecule has 0 radical (unpaired) electrons. The number of unbranched alkanes of at least 4 members (excludes halogenated alkanes) is 2. The fraction of sp³-hybridized carbons (Fsp3) is 0.657. The lowest BCUT2D eigenvalue weighted by Crippen LogP contribution is -2.47. The van der Waals surface area contributed by atoms with E-state index in [4.69, 9.17) is 0 Å². The zero-order valence-electron chi connectivity index (χ0n) is 26.9. The molecule has 9 heteroatoms. The third-order valence-electron chi connectivity index (χ3n) is 9.78. The first kappa shape index (κ1) is 32.9. The summed E-state index contributed by atoms with van der Waals surface area (Å²) in [6.45, 7) is 12.2. The van der Waals surface area contributed by atoms with E-state index in [-0.39, 0.29) is 11.8 Å². The average molecular weight is 623 g/mol. The summed E-state index contributed by atoms with van der Waals surface area (Å²) >= 11 is 1.58. The van der Waals surface area contributed by atoms with Crippen molar-refractivity contribution < 1.29 is 9.59 Å². The molecule has 0 spiro atoms. The Balaban J connectivity index is 0.967. The van der Waals surface area contributed by atoms with Crippen LogP contribution in [-0.4, -0.2) is 112 Å². The van der Waals surface area contributed by atoms with E-state index in [1.807, 2.05) is 6.07 Å². The Labute approximate surface area is 269 Å². The molecule has 0 bridgehead atoms. The first-order valence-electron chi connectivity index (χ1n) is 17.2. The number of nitrogens with one attached hydrogen (secondary N) is 2. The predicted octanol–water partition coefficient (Wildman–Crippen LogP) is 4.91. The summed E-state index contributed by atoms with van der Waals surface area (Å²) in [5, 5.41) is 5.85. The lowest BCUT2D eigenvalue weighted by atomic mass is 10.00. The second-order valence-electron chi connectivity index (χ2n) is 12.8. The zero-order chi connectivity index (χ0) is 30.6. The van der Waals surface area contributed by atoms with Crippen LogP contribution < -0.4 is 15.5 Å². The van der Waals surface area contributed by atoms with Gasteiger partial charge in [0.15, 0.2) is 0 Å². The van der Waals surface area contributed by atoms with Gasteiger partial charge < -0.3 is 25.3 Å². The Hall–Kier alpha value is -2.46. The van der Waals surface area contributed by atoms with Gasteiger partial charge in [-0.05, 0) is 114 Å². The van der Waals surface area contributed by atoms with Crippen molar-refractivity contribution in [3.05, 3.63) is 41.3 Å². The molecule has 44 heavy (non-hydrogen) atoms. The van der Waals surface area contributed by atoms with Gasteiger partial charge in [-0.15, -0.1) is 11.3 Å². The quantitative estimate of drug-likeness (QED) is 0.292. The molecule has 0 aliphatic carbocycles. The molecule has 0 unspecified atom stereocenters. The van der Waals surface area contributed by atoms with Crippen LogP contribution in [0.4, 0.5) is 5.69 Å². The molecule has 242 valence electrons. The number of carbonyl (C=O) groups is 2. The average Bonchev–Trinajstić information content (AvgIpc) is 3.58. The van der Waals surface area contributed by atoms with Gasteiger partial charge in [-0.3, -0.25) is 14.5 Å². The summed E-state index contributed by atoms with van der Waals surface area (Å²) in [6, 6.07) is 13.7. The fourth-order valence-corrected chi connectivity index (χ4v) is 7.92. The van der Waals surface area contributed by atoms with Crippen molar-refractivity contribution in [2.24, 2.45) is 0 Å². The number of piperazine rings is 1. The molecular weight excluding hydrogens is 568 g/mol. The van der Waals surface area contributed by atoms with Crippen LogP contribution in [0.2, 0.25) is 0 Å². The van der Waals surface area contributed by atoms with E-state index in [9.17, 15) is 9.59 Å². The summed E-state index contributed by atoms with van der Waals surface area (Å²) in [5.74, 6) is 0.190. The monoisotopic (exact) mass is 622 g/mol. The van der Waals surface area contributed by atoms with Crippen LogP contribution in [-0.2, 0) is 4.79 Å². The maximum atomic E-state index is 12.8. The van der Waals surface area contributed by atoms with E-state index in [1.165, 1.54) is 69.5 Å². The van der Waals surface area contributed by atoms with Crippen molar-refractivity contribution in [1.82, 2.24) is 25.3 Å². The van der Waals surface area contributed by atoms with Crippen LogP contribution in [0, 0.1) is 0 Å². The minimum absolute atomic E-state index is 0.0472. The molecule has 2 aromatic rings. The van der Waals surface area contributed by atoms with Crippen LogP contribution in [0.15, 0.2) is 36.4 Å².